The van der Waals surface area contributed by atoms with Crippen molar-refractivity contribution in [2.24, 2.45) is 18.5 Å². The fourth-order valence-electron chi connectivity index (χ4n) is 4.68. The fraction of sp³-hybridized carbons (Fsp3) is 0.318. The molecule has 4 rings (SSSR count). The lowest BCUT2D eigenvalue weighted by Gasteiger charge is -2.35. The average molecular weight is 419 g/mol. The van der Waals surface area contributed by atoms with Gasteiger partial charge >= 0.3 is 0 Å². The van der Waals surface area contributed by atoms with Gasteiger partial charge in [-0.25, -0.2) is 4.68 Å². The summed E-state index contributed by atoms with van der Waals surface area (Å²) < 4.78 is 1.68. The molecule has 31 heavy (non-hydrogen) atoms. The molecular weight excluding hydrogens is 394 g/mol. The van der Waals surface area contributed by atoms with Gasteiger partial charge in [0.15, 0.2) is 5.82 Å². The van der Waals surface area contributed by atoms with Crippen LogP contribution in [0.1, 0.15) is 55.2 Å². The van der Waals surface area contributed by atoms with Gasteiger partial charge in [-0.1, -0.05) is 12.1 Å². The van der Waals surface area contributed by atoms with Crippen molar-refractivity contribution in [2.75, 3.05) is 13.6 Å². The van der Waals surface area contributed by atoms with Crippen LogP contribution < -0.4 is 16.8 Å². The van der Waals surface area contributed by atoms with Crippen LogP contribution in [-0.4, -0.2) is 45.6 Å². The Balaban J connectivity index is 2.08. The van der Waals surface area contributed by atoms with Gasteiger partial charge in [0, 0.05) is 18.2 Å². The second-order valence-electron chi connectivity index (χ2n) is 7.86. The summed E-state index contributed by atoms with van der Waals surface area (Å²) in [6.45, 7) is 0.695. The number of benzene rings is 2. The number of aromatic nitrogens is 4. The molecular formula is C22H25N7O2. The van der Waals surface area contributed by atoms with Crippen LogP contribution in [0, 0.1) is 0 Å². The van der Waals surface area contributed by atoms with Crippen molar-refractivity contribution in [3.05, 3.63) is 75.6 Å². The lowest BCUT2D eigenvalue weighted by atomic mass is 9.69. The van der Waals surface area contributed by atoms with Crippen molar-refractivity contribution >= 4 is 11.8 Å². The highest BCUT2D eigenvalue weighted by Gasteiger charge is 2.44. The van der Waals surface area contributed by atoms with Gasteiger partial charge in [-0.05, 0) is 89.8 Å². The maximum Gasteiger partial charge on any atom is 0.248 e. The number of carbonyl (C=O) groups excluding carboxylic acids is 2. The standard InChI is InChI=1S/C22H25N7O2/c1-25-10-9-22(21-26-27-28-29(21)2)17-7-5-15(19(23)30)11-13(17)3-4-14-12-16(20(24)31)6-8-18(14)22/h5-8,11-12,25H,3-4,9-10H2,1-2H3,(H2,23,30)(H2,24,31). The predicted octanol–water partition coefficient (Wildman–Crippen LogP) is 0.450. The second-order valence-corrected chi connectivity index (χ2v) is 7.86. The van der Waals surface area contributed by atoms with Crippen molar-refractivity contribution in [2.45, 2.75) is 24.7 Å². The molecule has 1 aliphatic carbocycles. The maximum absolute atomic E-state index is 11.9. The average Bonchev–Trinajstić information content (AvgIpc) is 3.13. The van der Waals surface area contributed by atoms with Gasteiger partial charge in [0.25, 0.3) is 0 Å². The molecule has 0 atom stereocenters. The molecule has 3 aromatic rings. The minimum atomic E-state index is -0.686. The Morgan fingerprint density at radius 1 is 1.03 bits per heavy atom. The largest absolute Gasteiger partial charge is 0.366 e. The number of carbonyl (C=O) groups is 2. The van der Waals surface area contributed by atoms with Crippen LogP contribution in [0.2, 0.25) is 0 Å². The monoisotopic (exact) mass is 419 g/mol. The lowest BCUT2D eigenvalue weighted by Crippen LogP contribution is -2.37. The summed E-state index contributed by atoms with van der Waals surface area (Å²) in [6.07, 6.45) is 2.03. The number of primary amides is 2. The minimum Gasteiger partial charge on any atom is -0.366 e. The summed E-state index contributed by atoms with van der Waals surface area (Å²) in [4.78, 5) is 23.7. The second kappa shape index (κ2) is 7.92. The summed E-state index contributed by atoms with van der Waals surface area (Å²) in [5.74, 6) is -0.255. The quantitative estimate of drug-likeness (QED) is 0.530. The molecule has 2 aromatic carbocycles. The van der Waals surface area contributed by atoms with Crippen molar-refractivity contribution in [3.8, 4) is 0 Å². The van der Waals surface area contributed by atoms with Crippen LogP contribution in [0.3, 0.4) is 0 Å². The van der Waals surface area contributed by atoms with Gasteiger partial charge in [0.1, 0.15) is 0 Å². The molecule has 0 spiro atoms. The van der Waals surface area contributed by atoms with Gasteiger partial charge in [0.05, 0.1) is 5.41 Å². The van der Waals surface area contributed by atoms with E-state index in [9.17, 15) is 9.59 Å². The molecule has 1 heterocycles. The first-order valence-electron chi connectivity index (χ1n) is 10.1. The Kier molecular flexibility index (Phi) is 5.28. The van der Waals surface area contributed by atoms with Gasteiger partial charge in [-0.3, -0.25) is 9.59 Å². The predicted molar refractivity (Wildman–Crippen MR) is 115 cm³/mol. The molecule has 9 heteroatoms. The molecule has 0 radical (unpaired) electrons. The number of nitrogens with zero attached hydrogens (tertiary/aromatic N) is 4. The summed E-state index contributed by atoms with van der Waals surface area (Å²) in [5.41, 5.74) is 15.4. The summed E-state index contributed by atoms with van der Waals surface area (Å²) >= 11 is 0. The van der Waals surface area contributed by atoms with Crippen molar-refractivity contribution in [1.82, 2.24) is 25.5 Å². The molecule has 0 fully saturated rings. The molecule has 0 aliphatic heterocycles. The van der Waals surface area contributed by atoms with E-state index in [2.05, 4.69) is 20.8 Å². The van der Waals surface area contributed by atoms with Gasteiger partial charge < -0.3 is 16.8 Å². The number of nitrogens with two attached hydrogens (primary N) is 2. The normalized spacial score (nSPS) is 14.4. The number of fused-ring (bicyclic) bond motifs is 2. The van der Waals surface area contributed by atoms with Crippen LogP contribution in [0.15, 0.2) is 36.4 Å². The van der Waals surface area contributed by atoms with Gasteiger partial charge in [-0.2, -0.15) is 0 Å². The van der Waals surface area contributed by atoms with Crippen LogP contribution in [0.4, 0.5) is 0 Å². The summed E-state index contributed by atoms with van der Waals surface area (Å²) in [6, 6.07) is 11.1. The Hall–Kier alpha value is -3.59. The van der Waals surface area contributed by atoms with E-state index in [1.54, 1.807) is 16.8 Å². The van der Waals surface area contributed by atoms with E-state index in [0.717, 1.165) is 22.3 Å². The zero-order valence-corrected chi connectivity index (χ0v) is 17.6. The lowest BCUT2D eigenvalue weighted by molar-refractivity contribution is 0.0991. The Morgan fingerprint density at radius 2 is 1.58 bits per heavy atom. The van der Waals surface area contributed by atoms with E-state index in [1.807, 2.05) is 38.4 Å². The number of hydrogen-bond acceptors (Lipinski definition) is 6. The van der Waals surface area contributed by atoms with E-state index in [4.69, 9.17) is 11.5 Å². The molecule has 160 valence electrons. The maximum atomic E-state index is 11.9. The molecule has 0 saturated heterocycles. The van der Waals surface area contributed by atoms with Crippen molar-refractivity contribution in [1.29, 1.82) is 0 Å². The van der Waals surface area contributed by atoms with E-state index in [0.29, 0.717) is 42.8 Å². The van der Waals surface area contributed by atoms with E-state index >= 15 is 0 Å². The first-order valence-corrected chi connectivity index (χ1v) is 10.1. The molecule has 1 aliphatic rings. The number of rotatable bonds is 6. The molecule has 9 nitrogen and oxygen atoms in total. The van der Waals surface area contributed by atoms with Crippen molar-refractivity contribution < 1.29 is 9.59 Å². The highest BCUT2D eigenvalue weighted by Crippen LogP contribution is 2.46. The Labute approximate surface area is 179 Å². The molecule has 0 bridgehead atoms. The number of tetrazole rings is 1. The number of nitrogens with one attached hydrogen (secondary N) is 1. The molecule has 0 saturated carbocycles. The van der Waals surface area contributed by atoms with Gasteiger partial charge in [0.2, 0.25) is 11.8 Å². The van der Waals surface area contributed by atoms with E-state index in [-0.39, 0.29) is 0 Å². The van der Waals surface area contributed by atoms with E-state index in [1.165, 1.54) is 0 Å². The number of amides is 2. The van der Waals surface area contributed by atoms with Crippen molar-refractivity contribution in [3.63, 3.8) is 0 Å². The van der Waals surface area contributed by atoms with Crippen LogP contribution in [0.5, 0.6) is 0 Å². The smallest absolute Gasteiger partial charge is 0.248 e. The van der Waals surface area contributed by atoms with Gasteiger partial charge in [-0.15, -0.1) is 5.10 Å². The first-order chi connectivity index (χ1) is 14.9. The minimum absolute atomic E-state index is 0.459. The van der Waals surface area contributed by atoms with Crippen LogP contribution in [-0.2, 0) is 25.3 Å². The third-order valence-electron chi connectivity index (χ3n) is 6.11. The number of hydrogen-bond donors (Lipinski definition) is 3. The molecule has 0 unspecified atom stereocenters. The first kappa shape index (κ1) is 20.7. The highest BCUT2D eigenvalue weighted by atomic mass is 16.1. The number of aryl methyl sites for hydroxylation is 3. The Morgan fingerprint density at radius 3 is 2.00 bits per heavy atom. The zero-order chi connectivity index (χ0) is 22.2. The summed E-state index contributed by atoms with van der Waals surface area (Å²) in [5, 5.41) is 15.7. The van der Waals surface area contributed by atoms with Crippen LogP contribution in [0.25, 0.3) is 0 Å². The fourth-order valence-corrected chi connectivity index (χ4v) is 4.68. The topological polar surface area (TPSA) is 142 Å². The SMILES string of the molecule is CNCCC1(c2nnnn2C)c2ccc(C(N)=O)cc2CCc2cc(C(N)=O)ccc21. The Bertz CT molecular complexity index is 1100. The summed E-state index contributed by atoms with van der Waals surface area (Å²) in [7, 11) is 3.71. The van der Waals surface area contributed by atoms with E-state index < -0.39 is 17.2 Å². The van der Waals surface area contributed by atoms with Crippen LogP contribution >= 0.6 is 0 Å². The molecule has 5 N–H and O–H groups in total. The third kappa shape index (κ3) is 3.36. The molecule has 1 aromatic heterocycles. The zero-order valence-electron chi connectivity index (χ0n) is 17.6. The highest BCUT2D eigenvalue weighted by molar-refractivity contribution is 5.94. The molecule has 2 amide bonds. The third-order valence-corrected chi connectivity index (χ3v) is 6.11.